The monoisotopic (exact) mass is 217 g/mol. The topological polar surface area (TPSA) is 73.3 Å². The van der Waals surface area contributed by atoms with E-state index in [0.717, 1.165) is 11.3 Å². The Kier molecular flexibility index (Phi) is 1.87. The number of nitrogen functional groups attached to an aromatic ring is 1. The largest absolute Gasteiger partial charge is 0.506 e. The molecule has 0 atom stereocenters. The molecule has 5 heteroatoms. The number of nitrogens with two attached hydrogens (primary N) is 1. The maximum absolute atomic E-state index is 9.76. The number of nitrogens with zero attached hydrogens (tertiary/aromatic N) is 2. The van der Waals surface area contributed by atoms with E-state index in [1.165, 1.54) is 0 Å². The SMILES string of the molecule is Nc1nn(-c2ccccc2O)c2c1COC2. The van der Waals surface area contributed by atoms with E-state index in [0.29, 0.717) is 24.7 Å². The van der Waals surface area contributed by atoms with Gasteiger partial charge in [0.05, 0.1) is 18.9 Å². The number of phenolic OH excluding ortho intramolecular Hbond substituents is 1. The molecule has 0 spiro atoms. The van der Waals surface area contributed by atoms with Crippen LogP contribution < -0.4 is 5.73 Å². The number of ether oxygens (including phenoxy) is 1. The number of aromatic nitrogens is 2. The predicted octanol–water partition coefficient (Wildman–Crippen LogP) is 1.19. The second kappa shape index (κ2) is 3.24. The third kappa shape index (κ3) is 1.18. The summed E-state index contributed by atoms with van der Waals surface area (Å²) in [5.41, 5.74) is 8.25. The third-order valence-corrected chi connectivity index (χ3v) is 2.72. The van der Waals surface area contributed by atoms with Gasteiger partial charge in [-0.3, -0.25) is 0 Å². The Morgan fingerprint density at radius 2 is 2.12 bits per heavy atom. The summed E-state index contributed by atoms with van der Waals surface area (Å²) in [4.78, 5) is 0. The Hall–Kier alpha value is -2.01. The minimum absolute atomic E-state index is 0.180. The number of anilines is 1. The van der Waals surface area contributed by atoms with Gasteiger partial charge in [-0.15, -0.1) is 5.10 Å². The molecule has 0 radical (unpaired) electrons. The molecule has 0 saturated heterocycles. The molecule has 0 bridgehead atoms. The molecule has 0 fully saturated rings. The first-order valence-corrected chi connectivity index (χ1v) is 4.99. The van der Waals surface area contributed by atoms with Gasteiger partial charge in [0.15, 0.2) is 5.82 Å². The minimum Gasteiger partial charge on any atom is -0.506 e. The molecule has 5 nitrogen and oxygen atoms in total. The number of hydrogen-bond donors (Lipinski definition) is 2. The number of phenols is 1. The fourth-order valence-corrected chi connectivity index (χ4v) is 1.90. The highest BCUT2D eigenvalue weighted by molar-refractivity contribution is 5.52. The van der Waals surface area contributed by atoms with E-state index >= 15 is 0 Å². The predicted molar refractivity (Wildman–Crippen MR) is 58.1 cm³/mol. The van der Waals surface area contributed by atoms with Gasteiger partial charge in [0, 0.05) is 5.56 Å². The molecule has 2 aromatic rings. The maximum atomic E-state index is 9.76. The normalized spacial score (nSPS) is 14.0. The van der Waals surface area contributed by atoms with Crippen LogP contribution in [0.15, 0.2) is 24.3 Å². The van der Waals surface area contributed by atoms with Crippen molar-refractivity contribution in [3.8, 4) is 11.4 Å². The summed E-state index contributed by atoms with van der Waals surface area (Å²) in [5.74, 6) is 0.649. The lowest BCUT2D eigenvalue weighted by Gasteiger charge is -2.06. The molecule has 1 aromatic heterocycles. The number of para-hydroxylation sites is 2. The number of benzene rings is 1. The van der Waals surface area contributed by atoms with Crippen molar-refractivity contribution < 1.29 is 9.84 Å². The third-order valence-electron chi connectivity index (χ3n) is 2.72. The fraction of sp³-hybridized carbons (Fsp3) is 0.182. The first-order chi connectivity index (χ1) is 7.77. The summed E-state index contributed by atoms with van der Waals surface area (Å²) in [6.07, 6.45) is 0. The average Bonchev–Trinajstić information content (AvgIpc) is 2.84. The van der Waals surface area contributed by atoms with Gasteiger partial charge in [0.25, 0.3) is 0 Å². The lowest BCUT2D eigenvalue weighted by atomic mass is 10.2. The second-order valence-electron chi connectivity index (χ2n) is 3.70. The minimum atomic E-state index is 0.180. The number of rotatable bonds is 1. The van der Waals surface area contributed by atoms with Crippen molar-refractivity contribution in [3.63, 3.8) is 0 Å². The van der Waals surface area contributed by atoms with Crippen molar-refractivity contribution >= 4 is 5.82 Å². The Morgan fingerprint density at radius 3 is 2.94 bits per heavy atom. The Morgan fingerprint density at radius 1 is 1.31 bits per heavy atom. The molecule has 0 unspecified atom stereocenters. The van der Waals surface area contributed by atoms with Gasteiger partial charge in [-0.2, -0.15) is 0 Å². The van der Waals surface area contributed by atoms with Crippen LogP contribution >= 0.6 is 0 Å². The Balaban J connectivity index is 2.21. The standard InChI is InChI=1S/C11H11N3O2/c12-11-7-5-16-6-9(7)14(13-11)8-3-1-2-4-10(8)15/h1-4,15H,5-6H2,(H2,12,13). The van der Waals surface area contributed by atoms with Crippen molar-refractivity contribution in [3.05, 3.63) is 35.5 Å². The molecule has 0 aliphatic carbocycles. The van der Waals surface area contributed by atoms with Crippen LogP contribution in [0.2, 0.25) is 0 Å². The molecule has 16 heavy (non-hydrogen) atoms. The molecule has 0 saturated carbocycles. The van der Waals surface area contributed by atoms with Crippen LogP contribution in [0, 0.1) is 0 Å². The number of hydrogen-bond acceptors (Lipinski definition) is 4. The number of aromatic hydroxyl groups is 1. The quantitative estimate of drug-likeness (QED) is 0.752. The van der Waals surface area contributed by atoms with Crippen molar-refractivity contribution in [2.45, 2.75) is 13.2 Å². The Bertz CT molecular complexity index is 548. The van der Waals surface area contributed by atoms with Gasteiger partial charge in [0.2, 0.25) is 0 Å². The van der Waals surface area contributed by atoms with Crippen LogP contribution in [0.3, 0.4) is 0 Å². The summed E-state index contributed by atoms with van der Waals surface area (Å²) < 4.78 is 6.96. The van der Waals surface area contributed by atoms with Gasteiger partial charge in [-0.05, 0) is 12.1 Å². The summed E-state index contributed by atoms with van der Waals surface area (Å²) >= 11 is 0. The van der Waals surface area contributed by atoms with Crippen molar-refractivity contribution in [2.24, 2.45) is 0 Å². The van der Waals surface area contributed by atoms with Crippen LogP contribution in [0.5, 0.6) is 5.75 Å². The van der Waals surface area contributed by atoms with Crippen LogP contribution in [-0.2, 0) is 18.0 Å². The molecule has 3 rings (SSSR count). The highest BCUT2D eigenvalue weighted by atomic mass is 16.5. The van der Waals surface area contributed by atoms with E-state index in [4.69, 9.17) is 10.5 Å². The first kappa shape index (κ1) is 9.23. The van der Waals surface area contributed by atoms with E-state index in [1.54, 1.807) is 22.9 Å². The molecule has 1 aliphatic heterocycles. The maximum Gasteiger partial charge on any atom is 0.151 e. The van der Waals surface area contributed by atoms with Crippen LogP contribution in [-0.4, -0.2) is 14.9 Å². The molecule has 3 N–H and O–H groups in total. The fourth-order valence-electron chi connectivity index (χ4n) is 1.90. The molecular weight excluding hydrogens is 206 g/mol. The number of fused-ring (bicyclic) bond motifs is 1. The van der Waals surface area contributed by atoms with E-state index in [9.17, 15) is 5.11 Å². The molecule has 0 amide bonds. The zero-order valence-corrected chi connectivity index (χ0v) is 8.55. The van der Waals surface area contributed by atoms with Gasteiger partial charge in [-0.1, -0.05) is 12.1 Å². The van der Waals surface area contributed by atoms with Crippen LogP contribution in [0.1, 0.15) is 11.3 Å². The average molecular weight is 217 g/mol. The van der Waals surface area contributed by atoms with E-state index in [1.807, 2.05) is 6.07 Å². The molecule has 2 heterocycles. The van der Waals surface area contributed by atoms with Crippen LogP contribution in [0.4, 0.5) is 5.82 Å². The van der Waals surface area contributed by atoms with E-state index in [2.05, 4.69) is 5.10 Å². The van der Waals surface area contributed by atoms with Crippen LogP contribution in [0.25, 0.3) is 5.69 Å². The van der Waals surface area contributed by atoms with Crippen molar-refractivity contribution in [2.75, 3.05) is 5.73 Å². The van der Waals surface area contributed by atoms with Gasteiger partial charge in [0.1, 0.15) is 11.4 Å². The molecule has 82 valence electrons. The molecule has 1 aliphatic rings. The molecular formula is C11H11N3O2. The van der Waals surface area contributed by atoms with Crippen molar-refractivity contribution in [1.29, 1.82) is 0 Å². The van der Waals surface area contributed by atoms with Gasteiger partial charge >= 0.3 is 0 Å². The van der Waals surface area contributed by atoms with Gasteiger partial charge < -0.3 is 15.6 Å². The van der Waals surface area contributed by atoms with E-state index in [-0.39, 0.29) is 5.75 Å². The van der Waals surface area contributed by atoms with E-state index < -0.39 is 0 Å². The highest BCUT2D eigenvalue weighted by Crippen LogP contribution is 2.30. The lowest BCUT2D eigenvalue weighted by Crippen LogP contribution is -2.02. The summed E-state index contributed by atoms with van der Waals surface area (Å²) in [6.45, 7) is 0.975. The molecule has 1 aromatic carbocycles. The summed E-state index contributed by atoms with van der Waals surface area (Å²) in [5, 5.41) is 14.0. The zero-order chi connectivity index (χ0) is 11.1. The second-order valence-corrected chi connectivity index (χ2v) is 3.70. The highest BCUT2D eigenvalue weighted by Gasteiger charge is 2.23. The summed E-state index contributed by atoms with van der Waals surface area (Å²) in [6, 6.07) is 7.02. The zero-order valence-electron chi connectivity index (χ0n) is 8.55. The van der Waals surface area contributed by atoms with Crippen molar-refractivity contribution in [1.82, 2.24) is 9.78 Å². The smallest absolute Gasteiger partial charge is 0.151 e. The van der Waals surface area contributed by atoms with Gasteiger partial charge in [-0.25, -0.2) is 4.68 Å². The lowest BCUT2D eigenvalue weighted by molar-refractivity contribution is 0.131. The summed E-state index contributed by atoms with van der Waals surface area (Å²) in [7, 11) is 0. The Labute approximate surface area is 92.1 Å². The first-order valence-electron chi connectivity index (χ1n) is 4.99.